The molecule has 0 fully saturated rings. The summed E-state index contributed by atoms with van der Waals surface area (Å²) in [7, 11) is 1.77. The van der Waals surface area contributed by atoms with Gasteiger partial charge in [0.1, 0.15) is 0 Å². The average Bonchev–Trinajstić information content (AvgIpc) is 1.99. The molecule has 0 spiro atoms. The maximum atomic E-state index is 11.7. The Morgan fingerprint density at radius 3 is 2.46 bits per heavy atom. The van der Waals surface area contributed by atoms with E-state index >= 15 is 0 Å². The third kappa shape index (κ3) is 1.59. The first-order valence-corrected chi connectivity index (χ1v) is 4.41. The topological polar surface area (TPSA) is 48.0 Å². The van der Waals surface area contributed by atoms with Gasteiger partial charge in [-0.15, -0.1) is 0 Å². The van der Waals surface area contributed by atoms with Crippen molar-refractivity contribution in [2.75, 3.05) is 5.73 Å². The molecule has 3 heteroatoms. The van der Waals surface area contributed by atoms with Crippen LogP contribution in [0.2, 0.25) is 0 Å². The molecule has 1 rings (SSSR count). The number of aryl methyl sites for hydroxylation is 1. The fourth-order valence-electron chi connectivity index (χ4n) is 1.44. The van der Waals surface area contributed by atoms with Crippen LogP contribution in [0.15, 0.2) is 10.9 Å². The highest BCUT2D eigenvalue weighted by Gasteiger charge is 2.11. The van der Waals surface area contributed by atoms with E-state index in [1.807, 2.05) is 26.8 Å². The van der Waals surface area contributed by atoms with E-state index in [1.165, 1.54) is 0 Å². The number of rotatable bonds is 1. The molecule has 0 aliphatic carbocycles. The summed E-state index contributed by atoms with van der Waals surface area (Å²) in [6, 6.07) is 1.84. The van der Waals surface area contributed by atoms with Gasteiger partial charge in [0.05, 0.1) is 0 Å². The number of nitrogen functional groups attached to an aromatic ring is 1. The molecular formula is C10H16N2O. The molecule has 0 aliphatic heterocycles. The SMILES string of the molecule is Cc1cc(N)c(C(C)C)c(=O)n1C. The predicted octanol–water partition coefficient (Wildman–Crippen LogP) is 1.40. The first kappa shape index (κ1) is 9.84. The van der Waals surface area contributed by atoms with Crippen molar-refractivity contribution in [2.45, 2.75) is 26.7 Å². The minimum atomic E-state index is 0.0208. The molecule has 0 unspecified atom stereocenters. The molecule has 0 aliphatic rings. The summed E-state index contributed by atoms with van der Waals surface area (Å²) < 4.78 is 1.63. The van der Waals surface area contributed by atoms with E-state index in [4.69, 9.17) is 5.73 Å². The fourth-order valence-corrected chi connectivity index (χ4v) is 1.44. The zero-order valence-corrected chi connectivity index (χ0v) is 8.59. The number of nitrogens with two attached hydrogens (primary N) is 1. The molecule has 0 aromatic carbocycles. The smallest absolute Gasteiger partial charge is 0.256 e. The molecule has 0 amide bonds. The van der Waals surface area contributed by atoms with Crippen molar-refractivity contribution in [2.24, 2.45) is 7.05 Å². The van der Waals surface area contributed by atoms with Crippen LogP contribution in [0.5, 0.6) is 0 Å². The van der Waals surface area contributed by atoms with Crippen LogP contribution < -0.4 is 11.3 Å². The Bertz CT molecular complexity index is 377. The van der Waals surface area contributed by atoms with Gasteiger partial charge in [-0.1, -0.05) is 13.8 Å². The molecule has 0 saturated heterocycles. The normalized spacial score (nSPS) is 10.8. The fraction of sp³-hybridized carbons (Fsp3) is 0.500. The first-order chi connectivity index (χ1) is 5.95. The monoisotopic (exact) mass is 180 g/mol. The second-order valence-electron chi connectivity index (χ2n) is 3.67. The molecule has 3 nitrogen and oxygen atoms in total. The van der Waals surface area contributed by atoms with Crippen LogP contribution in [0.3, 0.4) is 0 Å². The van der Waals surface area contributed by atoms with Crippen LogP contribution >= 0.6 is 0 Å². The molecule has 1 aromatic rings. The zero-order valence-electron chi connectivity index (χ0n) is 8.59. The Kier molecular flexibility index (Phi) is 2.45. The van der Waals surface area contributed by atoms with E-state index in [-0.39, 0.29) is 11.5 Å². The maximum absolute atomic E-state index is 11.7. The Balaban J connectivity index is 3.54. The van der Waals surface area contributed by atoms with Crippen molar-refractivity contribution in [3.05, 3.63) is 27.7 Å². The van der Waals surface area contributed by atoms with Gasteiger partial charge in [-0.05, 0) is 18.9 Å². The van der Waals surface area contributed by atoms with Gasteiger partial charge >= 0.3 is 0 Å². The molecule has 72 valence electrons. The van der Waals surface area contributed by atoms with E-state index in [2.05, 4.69) is 0 Å². The van der Waals surface area contributed by atoms with Gasteiger partial charge in [-0.3, -0.25) is 4.79 Å². The zero-order chi connectivity index (χ0) is 10.2. The lowest BCUT2D eigenvalue weighted by Gasteiger charge is -2.12. The Labute approximate surface area is 78.2 Å². The average molecular weight is 180 g/mol. The molecule has 0 saturated carbocycles. The number of hydrogen-bond donors (Lipinski definition) is 1. The second-order valence-corrected chi connectivity index (χ2v) is 3.67. The number of nitrogens with zero attached hydrogens (tertiary/aromatic N) is 1. The lowest BCUT2D eigenvalue weighted by molar-refractivity contribution is 0.762. The first-order valence-electron chi connectivity index (χ1n) is 4.41. The highest BCUT2D eigenvalue weighted by molar-refractivity contribution is 5.48. The summed E-state index contributed by atoms with van der Waals surface area (Å²) in [4.78, 5) is 11.7. The van der Waals surface area contributed by atoms with Gasteiger partial charge in [0.25, 0.3) is 5.56 Å². The van der Waals surface area contributed by atoms with Crippen molar-refractivity contribution in [1.82, 2.24) is 4.57 Å². The van der Waals surface area contributed by atoms with Crippen LogP contribution in [-0.4, -0.2) is 4.57 Å². The summed E-state index contributed by atoms with van der Waals surface area (Å²) >= 11 is 0. The summed E-state index contributed by atoms with van der Waals surface area (Å²) in [5.41, 5.74) is 8.02. The van der Waals surface area contributed by atoms with Gasteiger partial charge in [0.2, 0.25) is 0 Å². The van der Waals surface area contributed by atoms with E-state index in [0.717, 1.165) is 5.69 Å². The third-order valence-corrected chi connectivity index (χ3v) is 2.32. The minimum Gasteiger partial charge on any atom is -0.398 e. The van der Waals surface area contributed by atoms with Crippen molar-refractivity contribution >= 4 is 5.69 Å². The van der Waals surface area contributed by atoms with Crippen LogP contribution in [0, 0.1) is 6.92 Å². The summed E-state index contributed by atoms with van der Waals surface area (Å²) in [6.07, 6.45) is 0. The van der Waals surface area contributed by atoms with E-state index in [0.29, 0.717) is 11.3 Å². The molecule has 1 aromatic heterocycles. The van der Waals surface area contributed by atoms with Crippen molar-refractivity contribution < 1.29 is 0 Å². The van der Waals surface area contributed by atoms with Crippen LogP contribution in [0.1, 0.15) is 31.0 Å². The van der Waals surface area contributed by atoms with Crippen LogP contribution in [0.4, 0.5) is 5.69 Å². The van der Waals surface area contributed by atoms with Gasteiger partial charge in [-0.2, -0.15) is 0 Å². The highest BCUT2D eigenvalue weighted by Crippen LogP contribution is 2.17. The molecule has 0 atom stereocenters. The molecule has 2 N–H and O–H groups in total. The molecule has 0 bridgehead atoms. The molecule has 1 heterocycles. The summed E-state index contributed by atoms with van der Waals surface area (Å²) in [5, 5.41) is 0. The summed E-state index contributed by atoms with van der Waals surface area (Å²) in [5.74, 6) is 0.180. The Hall–Kier alpha value is -1.25. The van der Waals surface area contributed by atoms with Gasteiger partial charge in [-0.25, -0.2) is 0 Å². The second kappa shape index (κ2) is 3.24. The lowest BCUT2D eigenvalue weighted by atomic mass is 10.0. The molecule has 13 heavy (non-hydrogen) atoms. The Morgan fingerprint density at radius 2 is 2.00 bits per heavy atom. The van der Waals surface area contributed by atoms with E-state index < -0.39 is 0 Å². The maximum Gasteiger partial charge on any atom is 0.256 e. The van der Waals surface area contributed by atoms with Gasteiger partial charge in [0, 0.05) is 24.0 Å². The standard InChI is InChI=1S/C10H16N2O/c1-6(2)9-8(11)5-7(3)12(4)10(9)13/h5-6H,11H2,1-4H3. The number of aromatic nitrogens is 1. The predicted molar refractivity (Wildman–Crippen MR) is 54.9 cm³/mol. The van der Waals surface area contributed by atoms with Crippen molar-refractivity contribution in [1.29, 1.82) is 0 Å². The van der Waals surface area contributed by atoms with E-state index in [9.17, 15) is 4.79 Å². The Morgan fingerprint density at radius 1 is 1.46 bits per heavy atom. The molecular weight excluding hydrogens is 164 g/mol. The lowest BCUT2D eigenvalue weighted by Crippen LogP contribution is -2.25. The van der Waals surface area contributed by atoms with Gasteiger partial charge < -0.3 is 10.3 Å². The highest BCUT2D eigenvalue weighted by atomic mass is 16.1. The van der Waals surface area contributed by atoms with Gasteiger partial charge in [0.15, 0.2) is 0 Å². The number of anilines is 1. The van der Waals surface area contributed by atoms with Crippen molar-refractivity contribution in [3.8, 4) is 0 Å². The number of hydrogen-bond acceptors (Lipinski definition) is 2. The number of pyridine rings is 1. The minimum absolute atomic E-state index is 0.0208. The quantitative estimate of drug-likeness (QED) is 0.710. The van der Waals surface area contributed by atoms with Crippen LogP contribution in [0.25, 0.3) is 0 Å². The molecule has 0 radical (unpaired) electrons. The van der Waals surface area contributed by atoms with E-state index in [1.54, 1.807) is 11.6 Å². The van der Waals surface area contributed by atoms with Crippen LogP contribution in [-0.2, 0) is 7.05 Å². The summed E-state index contributed by atoms with van der Waals surface area (Å²) in [6.45, 7) is 5.83. The largest absolute Gasteiger partial charge is 0.398 e. The van der Waals surface area contributed by atoms with Crippen molar-refractivity contribution in [3.63, 3.8) is 0 Å². The third-order valence-electron chi connectivity index (χ3n) is 2.32.